The molecule has 0 bridgehead atoms. The number of benzene rings is 3. The van der Waals surface area contributed by atoms with E-state index in [2.05, 4.69) is 18.7 Å². The van der Waals surface area contributed by atoms with Crippen LogP contribution in [-0.2, 0) is 9.59 Å². The number of hydrogen-bond donors (Lipinski definition) is 1. The fraction of sp³-hybridized carbons (Fsp3) is 0.214. The summed E-state index contributed by atoms with van der Waals surface area (Å²) in [5.74, 6) is -1.40. The van der Waals surface area contributed by atoms with E-state index in [0.717, 1.165) is 18.8 Å². The molecular weight excluding hydrogens is 464 g/mol. The Bertz CT molecular complexity index is 1280. The second-order valence-corrected chi connectivity index (χ2v) is 8.55. The molecule has 0 saturated carbocycles. The van der Waals surface area contributed by atoms with E-state index in [0.29, 0.717) is 27.6 Å². The maximum Gasteiger partial charge on any atom is 0.300 e. The Morgan fingerprint density at radius 2 is 1.69 bits per heavy atom. The molecule has 6 nitrogen and oxygen atoms in total. The lowest BCUT2D eigenvalue weighted by molar-refractivity contribution is -0.132. The first-order valence-corrected chi connectivity index (χ1v) is 11.8. The zero-order valence-corrected chi connectivity index (χ0v) is 20.6. The Labute approximate surface area is 210 Å². The van der Waals surface area contributed by atoms with Crippen LogP contribution in [-0.4, -0.2) is 37.0 Å². The Kier molecular flexibility index (Phi) is 7.12. The lowest BCUT2D eigenvalue weighted by atomic mass is 9.94. The highest BCUT2D eigenvalue weighted by molar-refractivity contribution is 6.51. The molecule has 4 rings (SSSR count). The minimum absolute atomic E-state index is 0.00457. The van der Waals surface area contributed by atoms with Crippen LogP contribution in [0.4, 0.5) is 11.4 Å². The van der Waals surface area contributed by atoms with Crippen LogP contribution < -0.4 is 14.5 Å². The quantitative estimate of drug-likeness (QED) is 0.257. The second-order valence-electron chi connectivity index (χ2n) is 8.11. The van der Waals surface area contributed by atoms with Crippen LogP contribution in [0.2, 0.25) is 5.02 Å². The third kappa shape index (κ3) is 4.49. The molecule has 35 heavy (non-hydrogen) atoms. The Morgan fingerprint density at radius 1 is 1.00 bits per heavy atom. The normalized spacial score (nSPS) is 17.0. The summed E-state index contributed by atoms with van der Waals surface area (Å²) in [4.78, 5) is 30.3. The molecule has 0 spiro atoms. The lowest BCUT2D eigenvalue weighted by Crippen LogP contribution is -2.29. The van der Waals surface area contributed by atoms with Gasteiger partial charge in [0.05, 0.1) is 24.3 Å². The number of amides is 1. The van der Waals surface area contributed by atoms with Gasteiger partial charge in [-0.1, -0.05) is 41.9 Å². The van der Waals surface area contributed by atoms with Crippen LogP contribution in [0, 0.1) is 0 Å². The Balaban J connectivity index is 1.93. The second kappa shape index (κ2) is 10.2. The summed E-state index contributed by atoms with van der Waals surface area (Å²) in [6, 6.07) is 20.5. The predicted octanol–water partition coefficient (Wildman–Crippen LogP) is 5.82. The summed E-state index contributed by atoms with van der Waals surface area (Å²) in [6.45, 7) is 5.87. The molecule has 180 valence electrons. The molecule has 1 heterocycles. The molecule has 0 aromatic heterocycles. The molecule has 3 aromatic rings. The van der Waals surface area contributed by atoms with E-state index in [4.69, 9.17) is 16.3 Å². The van der Waals surface area contributed by atoms with Gasteiger partial charge in [-0.15, -0.1) is 0 Å². The number of ether oxygens (including phenoxy) is 1. The van der Waals surface area contributed by atoms with E-state index in [1.807, 2.05) is 24.3 Å². The number of Topliss-reactive ketones (excluding diaryl/α,β-unsaturated/α-hetero) is 1. The molecule has 1 fully saturated rings. The highest BCUT2D eigenvalue weighted by atomic mass is 35.5. The van der Waals surface area contributed by atoms with Gasteiger partial charge < -0.3 is 14.7 Å². The van der Waals surface area contributed by atoms with E-state index in [-0.39, 0.29) is 11.3 Å². The number of nitrogens with zero attached hydrogens (tertiary/aromatic N) is 2. The number of aliphatic hydroxyl groups excluding tert-OH is 1. The number of anilines is 2. The molecular formula is C28H27ClN2O4. The molecule has 0 radical (unpaired) electrons. The average molecular weight is 491 g/mol. The van der Waals surface area contributed by atoms with Gasteiger partial charge in [-0.25, -0.2) is 0 Å². The van der Waals surface area contributed by atoms with Crippen molar-refractivity contribution >= 4 is 40.4 Å². The predicted molar refractivity (Wildman–Crippen MR) is 139 cm³/mol. The summed E-state index contributed by atoms with van der Waals surface area (Å²) in [5.41, 5.74) is 2.52. The Morgan fingerprint density at radius 3 is 2.31 bits per heavy atom. The maximum atomic E-state index is 13.3. The Hall–Kier alpha value is -3.77. The first kappa shape index (κ1) is 24.4. The fourth-order valence-electron chi connectivity index (χ4n) is 4.48. The SMILES string of the molecule is CCN(CC)c1ccc(C2/C(=C(\O)c3ccccc3OC)C(=O)C(=O)N2c2cccc(Cl)c2)cc1. The maximum absolute atomic E-state index is 13.3. The third-order valence-corrected chi connectivity index (χ3v) is 6.47. The molecule has 1 saturated heterocycles. The van der Waals surface area contributed by atoms with Gasteiger partial charge in [0.2, 0.25) is 0 Å². The van der Waals surface area contributed by atoms with Gasteiger partial charge >= 0.3 is 0 Å². The van der Waals surface area contributed by atoms with Crippen LogP contribution in [0.3, 0.4) is 0 Å². The summed E-state index contributed by atoms with van der Waals surface area (Å²) < 4.78 is 5.40. The van der Waals surface area contributed by atoms with Crippen LogP contribution in [0.1, 0.15) is 31.0 Å². The first-order valence-electron chi connectivity index (χ1n) is 11.5. The first-order chi connectivity index (χ1) is 16.9. The highest BCUT2D eigenvalue weighted by Gasteiger charge is 2.47. The zero-order valence-electron chi connectivity index (χ0n) is 19.9. The van der Waals surface area contributed by atoms with Gasteiger partial charge in [0.25, 0.3) is 11.7 Å². The van der Waals surface area contributed by atoms with Gasteiger partial charge in [0.15, 0.2) is 0 Å². The van der Waals surface area contributed by atoms with E-state index in [1.165, 1.54) is 12.0 Å². The van der Waals surface area contributed by atoms with E-state index >= 15 is 0 Å². The number of hydrogen-bond acceptors (Lipinski definition) is 5. The monoisotopic (exact) mass is 490 g/mol. The molecule has 3 aromatic carbocycles. The molecule has 1 unspecified atom stereocenters. The zero-order chi connectivity index (χ0) is 25.1. The number of carbonyl (C=O) groups excluding carboxylic acids is 2. The fourth-order valence-corrected chi connectivity index (χ4v) is 4.67. The molecule has 0 aliphatic carbocycles. The van der Waals surface area contributed by atoms with Crippen molar-refractivity contribution in [2.24, 2.45) is 0 Å². The topological polar surface area (TPSA) is 70.1 Å². The van der Waals surface area contributed by atoms with Crippen molar-refractivity contribution in [2.75, 3.05) is 30.0 Å². The number of rotatable bonds is 7. The summed E-state index contributed by atoms with van der Waals surface area (Å²) >= 11 is 6.22. The van der Waals surface area contributed by atoms with Crippen molar-refractivity contribution in [1.29, 1.82) is 0 Å². The average Bonchev–Trinajstić information content (AvgIpc) is 3.15. The molecule has 1 N–H and O–H groups in total. The van der Waals surface area contributed by atoms with Gasteiger partial charge in [-0.05, 0) is 61.9 Å². The van der Waals surface area contributed by atoms with Crippen LogP contribution in [0.5, 0.6) is 5.75 Å². The number of carbonyl (C=O) groups is 2. The minimum atomic E-state index is -0.843. The smallest absolute Gasteiger partial charge is 0.300 e. The van der Waals surface area contributed by atoms with Crippen molar-refractivity contribution < 1.29 is 19.4 Å². The number of methoxy groups -OCH3 is 1. The number of aliphatic hydroxyl groups is 1. The molecule has 1 atom stereocenters. The van der Waals surface area contributed by atoms with Crippen LogP contribution in [0.25, 0.3) is 5.76 Å². The molecule has 1 amide bonds. The number of ketones is 1. The largest absolute Gasteiger partial charge is 0.507 e. The highest BCUT2D eigenvalue weighted by Crippen LogP contribution is 2.43. The van der Waals surface area contributed by atoms with Crippen LogP contribution >= 0.6 is 11.6 Å². The third-order valence-electron chi connectivity index (χ3n) is 6.23. The van der Waals surface area contributed by atoms with Gasteiger partial charge in [0.1, 0.15) is 11.5 Å². The van der Waals surface area contributed by atoms with E-state index in [9.17, 15) is 14.7 Å². The summed E-state index contributed by atoms with van der Waals surface area (Å²) in [6.07, 6.45) is 0. The van der Waals surface area contributed by atoms with Crippen molar-refractivity contribution in [3.8, 4) is 5.75 Å². The van der Waals surface area contributed by atoms with Crippen molar-refractivity contribution in [2.45, 2.75) is 19.9 Å². The minimum Gasteiger partial charge on any atom is -0.507 e. The van der Waals surface area contributed by atoms with Crippen molar-refractivity contribution in [3.05, 3.63) is 94.5 Å². The molecule has 7 heteroatoms. The number of para-hydroxylation sites is 1. The molecule has 1 aliphatic heterocycles. The summed E-state index contributed by atoms with van der Waals surface area (Å²) in [7, 11) is 1.49. The van der Waals surface area contributed by atoms with Gasteiger partial charge in [-0.3, -0.25) is 14.5 Å². The van der Waals surface area contributed by atoms with Crippen molar-refractivity contribution in [3.63, 3.8) is 0 Å². The molecule has 1 aliphatic rings. The summed E-state index contributed by atoms with van der Waals surface area (Å²) in [5, 5.41) is 11.8. The van der Waals surface area contributed by atoms with E-state index in [1.54, 1.807) is 48.5 Å². The van der Waals surface area contributed by atoms with Crippen LogP contribution in [0.15, 0.2) is 78.4 Å². The van der Waals surface area contributed by atoms with E-state index < -0.39 is 17.7 Å². The van der Waals surface area contributed by atoms with Gasteiger partial charge in [-0.2, -0.15) is 0 Å². The van der Waals surface area contributed by atoms with Gasteiger partial charge in [0, 0.05) is 29.5 Å². The lowest BCUT2D eigenvalue weighted by Gasteiger charge is -2.27. The number of halogens is 1. The van der Waals surface area contributed by atoms with Crippen molar-refractivity contribution in [1.82, 2.24) is 0 Å². The standard InChI is InChI=1S/C28H27ClN2O4/c1-4-30(5-2)20-15-13-18(14-16-20)25-24(26(32)22-11-6-7-12-23(22)35-3)27(33)28(34)31(25)21-10-8-9-19(29)17-21/h6-17,25,32H,4-5H2,1-3H3/b26-24+.